The molecule has 0 bridgehead atoms. The number of amides is 1. The zero-order valence-electron chi connectivity index (χ0n) is 13.6. The van der Waals surface area contributed by atoms with Gasteiger partial charge in [0.2, 0.25) is 0 Å². The Morgan fingerprint density at radius 3 is 2.96 bits per heavy atom. The van der Waals surface area contributed by atoms with Gasteiger partial charge in [0.1, 0.15) is 11.9 Å². The first-order chi connectivity index (χ1) is 11.5. The van der Waals surface area contributed by atoms with E-state index in [0.29, 0.717) is 13.0 Å². The second-order valence-electron chi connectivity index (χ2n) is 5.97. The van der Waals surface area contributed by atoms with Gasteiger partial charge in [-0.3, -0.25) is 9.48 Å². The summed E-state index contributed by atoms with van der Waals surface area (Å²) in [6.07, 6.45) is 2.31. The maximum Gasteiger partial charge on any atom is 0.251 e. The van der Waals surface area contributed by atoms with Crippen LogP contribution in [0.5, 0.6) is 0 Å². The number of hydrogen-bond donors (Lipinski definition) is 2. The maximum atomic E-state index is 13.7. The van der Waals surface area contributed by atoms with Crippen molar-refractivity contribution in [3.63, 3.8) is 0 Å². The molecular weight excluding hydrogens is 313 g/mol. The Morgan fingerprint density at radius 1 is 1.54 bits per heavy atom. The van der Waals surface area contributed by atoms with E-state index in [1.54, 1.807) is 4.68 Å². The van der Waals surface area contributed by atoms with E-state index in [9.17, 15) is 9.18 Å². The summed E-state index contributed by atoms with van der Waals surface area (Å²) in [6.45, 7) is 2.05. The van der Waals surface area contributed by atoms with Crippen LogP contribution in [0.4, 0.5) is 4.39 Å². The Morgan fingerprint density at radius 2 is 2.33 bits per heavy atom. The van der Waals surface area contributed by atoms with Crippen LogP contribution in [0.15, 0.2) is 24.4 Å². The van der Waals surface area contributed by atoms with Gasteiger partial charge in [0.15, 0.2) is 0 Å². The highest BCUT2D eigenvalue weighted by atomic mass is 19.1. The van der Waals surface area contributed by atoms with E-state index in [0.717, 1.165) is 17.3 Å². The Bertz CT molecular complexity index is 760. The predicted octanol–water partition coefficient (Wildman–Crippen LogP) is 1.62. The minimum absolute atomic E-state index is 0.166. The largest absolute Gasteiger partial charge is 0.392 e. The minimum Gasteiger partial charge on any atom is -0.392 e. The van der Waals surface area contributed by atoms with Crippen molar-refractivity contribution in [2.75, 3.05) is 6.61 Å². The number of nitrogens with one attached hydrogen (secondary N) is 1. The molecular formula is C17H20FN3O3. The Kier molecular flexibility index (Phi) is 4.64. The van der Waals surface area contributed by atoms with E-state index in [1.165, 1.54) is 12.1 Å². The molecule has 0 spiro atoms. The maximum absolute atomic E-state index is 13.7. The molecule has 1 saturated heterocycles. The number of ether oxygens (including phenoxy) is 1. The number of aryl methyl sites for hydroxylation is 2. The summed E-state index contributed by atoms with van der Waals surface area (Å²) in [4.78, 5) is 12.4. The van der Waals surface area contributed by atoms with Crippen LogP contribution in [-0.4, -0.2) is 33.4 Å². The third-order valence-electron chi connectivity index (χ3n) is 4.25. The van der Waals surface area contributed by atoms with Crippen molar-refractivity contribution in [1.82, 2.24) is 15.1 Å². The van der Waals surface area contributed by atoms with Gasteiger partial charge in [-0.15, -0.1) is 0 Å². The van der Waals surface area contributed by atoms with Crippen LogP contribution in [0.1, 0.15) is 39.7 Å². The Balaban J connectivity index is 1.76. The summed E-state index contributed by atoms with van der Waals surface area (Å²) < 4.78 is 21.2. The van der Waals surface area contributed by atoms with Crippen molar-refractivity contribution in [3.05, 3.63) is 52.6 Å². The summed E-state index contributed by atoms with van der Waals surface area (Å²) in [7, 11) is 1.84. The molecule has 3 rings (SSSR count). The van der Waals surface area contributed by atoms with Gasteiger partial charge in [-0.25, -0.2) is 4.39 Å². The minimum atomic E-state index is -0.590. The van der Waals surface area contributed by atoms with Crippen molar-refractivity contribution < 1.29 is 19.0 Å². The number of benzene rings is 1. The Hall–Kier alpha value is -2.25. The third kappa shape index (κ3) is 3.18. The number of hydrogen-bond acceptors (Lipinski definition) is 4. The number of rotatable bonds is 4. The number of carbonyl (C=O) groups is 1. The highest BCUT2D eigenvalue weighted by molar-refractivity contribution is 5.94. The summed E-state index contributed by atoms with van der Waals surface area (Å²) in [5.74, 6) is -0.951. The summed E-state index contributed by atoms with van der Waals surface area (Å²) in [5.41, 5.74) is 2.20. The van der Waals surface area contributed by atoms with Crippen LogP contribution in [0.2, 0.25) is 0 Å². The number of aliphatic hydroxyl groups is 1. The highest BCUT2D eigenvalue weighted by Crippen LogP contribution is 2.31. The molecule has 1 amide bonds. The topological polar surface area (TPSA) is 76.4 Å². The molecule has 24 heavy (non-hydrogen) atoms. The lowest BCUT2D eigenvalue weighted by Gasteiger charge is -2.19. The molecule has 1 aliphatic rings. The normalized spacial score (nSPS) is 20.3. The van der Waals surface area contributed by atoms with Crippen molar-refractivity contribution in [2.45, 2.75) is 32.1 Å². The van der Waals surface area contributed by atoms with Crippen LogP contribution in [0.3, 0.4) is 0 Å². The van der Waals surface area contributed by atoms with E-state index < -0.39 is 12.4 Å². The zero-order valence-corrected chi connectivity index (χ0v) is 13.6. The van der Waals surface area contributed by atoms with Crippen LogP contribution in [0, 0.1) is 12.7 Å². The number of aromatic nitrogens is 2. The molecule has 6 nitrogen and oxygen atoms in total. The van der Waals surface area contributed by atoms with Gasteiger partial charge in [0.05, 0.1) is 18.3 Å². The van der Waals surface area contributed by atoms with Gasteiger partial charge in [0.25, 0.3) is 5.91 Å². The molecule has 1 aliphatic heterocycles. The predicted molar refractivity (Wildman–Crippen MR) is 84.8 cm³/mol. The van der Waals surface area contributed by atoms with E-state index in [4.69, 9.17) is 9.84 Å². The smallest absolute Gasteiger partial charge is 0.251 e. The van der Waals surface area contributed by atoms with Crippen molar-refractivity contribution in [2.24, 2.45) is 7.05 Å². The first-order valence-corrected chi connectivity index (χ1v) is 7.81. The van der Waals surface area contributed by atoms with E-state index >= 15 is 0 Å². The molecule has 7 heteroatoms. The van der Waals surface area contributed by atoms with Crippen LogP contribution >= 0.6 is 0 Å². The number of aliphatic hydroxyl groups excluding tert-OH is 1. The zero-order chi connectivity index (χ0) is 17.3. The van der Waals surface area contributed by atoms with Crippen molar-refractivity contribution >= 4 is 5.91 Å². The van der Waals surface area contributed by atoms with E-state index in [1.807, 2.05) is 20.2 Å². The lowest BCUT2D eigenvalue weighted by molar-refractivity contribution is 0.0819. The molecule has 0 saturated carbocycles. The quantitative estimate of drug-likeness (QED) is 0.891. The van der Waals surface area contributed by atoms with Gasteiger partial charge in [-0.2, -0.15) is 5.10 Å². The molecule has 0 aliphatic carbocycles. The summed E-state index contributed by atoms with van der Waals surface area (Å²) in [5, 5.41) is 16.2. The third-order valence-corrected chi connectivity index (χ3v) is 4.25. The standard InChI is InChI=1S/C17H20FN3O3/c1-10-13(8-21(2)20-10)16-15(5-6-24-16)19-17(23)11-3-4-12(9-22)14(18)7-11/h3-4,7-8,15-16,22H,5-6,9H2,1-2H3,(H,19,23)/t15-,16+/m0/s1. The fraction of sp³-hybridized carbons (Fsp3) is 0.412. The molecule has 2 atom stereocenters. The molecule has 0 unspecified atom stereocenters. The van der Waals surface area contributed by atoms with Gasteiger partial charge >= 0.3 is 0 Å². The fourth-order valence-electron chi connectivity index (χ4n) is 3.01. The molecule has 1 aromatic carbocycles. The number of halogens is 1. The van der Waals surface area contributed by atoms with Crippen LogP contribution < -0.4 is 5.32 Å². The molecule has 0 radical (unpaired) electrons. The monoisotopic (exact) mass is 333 g/mol. The van der Waals surface area contributed by atoms with Gasteiger partial charge in [-0.1, -0.05) is 6.07 Å². The summed E-state index contributed by atoms with van der Waals surface area (Å²) >= 11 is 0. The second kappa shape index (κ2) is 6.70. The fourth-order valence-corrected chi connectivity index (χ4v) is 3.01. The Labute approximate surface area is 139 Å². The van der Waals surface area contributed by atoms with Crippen LogP contribution in [0.25, 0.3) is 0 Å². The molecule has 1 aromatic heterocycles. The van der Waals surface area contributed by atoms with Crippen molar-refractivity contribution in [3.8, 4) is 0 Å². The lowest BCUT2D eigenvalue weighted by atomic mass is 10.0. The van der Waals surface area contributed by atoms with Gasteiger partial charge in [-0.05, 0) is 25.5 Å². The molecule has 2 N–H and O–H groups in total. The highest BCUT2D eigenvalue weighted by Gasteiger charge is 2.33. The molecule has 2 aromatic rings. The first kappa shape index (κ1) is 16.6. The van der Waals surface area contributed by atoms with Gasteiger partial charge in [0, 0.05) is 36.5 Å². The van der Waals surface area contributed by atoms with E-state index in [2.05, 4.69) is 10.4 Å². The molecule has 2 heterocycles. The first-order valence-electron chi connectivity index (χ1n) is 7.81. The average molecular weight is 333 g/mol. The van der Waals surface area contributed by atoms with Gasteiger partial charge < -0.3 is 15.2 Å². The SMILES string of the molecule is Cc1nn(C)cc1[C@H]1OCC[C@@H]1NC(=O)c1ccc(CO)c(F)c1. The number of carbonyl (C=O) groups excluding carboxylic acids is 1. The molecule has 1 fully saturated rings. The summed E-state index contributed by atoms with van der Waals surface area (Å²) in [6, 6.07) is 3.87. The van der Waals surface area contributed by atoms with Crippen molar-refractivity contribution in [1.29, 1.82) is 0 Å². The number of nitrogens with zero attached hydrogens (tertiary/aromatic N) is 2. The van der Waals surface area contributed by atoms with E-state index in [-0.39, 0.29) is 29.2 Å². The average Bonchev–Trinajstić information content (AvgIpc) is 3.12. The second-order valence-corrected chi connectivity index (χ2v) is 5.97. The van der Waals surface area contributed by atoms with Crippen LogP contribution in [-0.2, 0) is 18.4 Å². The lowest BCUT2D eigenvalue weighted by Crippen LogP contribution is -2.37. The molecule has 128 valence electrons.